The van der Waals surface area contributed by atoms with Gasteiger partial charge >= 0.3 is 0 Å². The molecule has 1 aromatic heterocycles. The van der Waals surface area contributed by atoms with Crippen molar-refractivity contribution < 1.29 is 14.3 Å². The molecule has 0 bridgehead atoms. The lowest BCUT2D eigenvalue weighted by atomic mass is 9.87. The molecule has 0 spiro atoms. The quantitative estimate of drug-likeness (QED) is 0.631. The number of aromatic nitrogens is 1. The highest BCUT2D eigenvalue weighted by atomic mass is 19.1. The molecule has 0 aliphatic carbocycles. The van der Waals surface area contributed by atoms with Crippen LogP contribution in [0.1, 0.15) is 22.9 Å². The van der Waals surface area contributed by atoms with E-state index < -0.39 is 11.9 Å². The van der Waals surface area contributed by atoms with Gasteiger partial charge in [0, 0.05) is 49.3 Å². The summed E-state index contributed by atoms with van der Waals surface area (Å²) in [5.41, 5.74) is 3.59. The molecular formula is C27H26FN3O3. The number of aliphatic hydroxyl groups is 1. The maximum atomic E-state index is 14.3. The van der Waals surface area contributed by atoms with Crippen molar-refractivity contribution in [3.8, 4) is 11.1 Å². The van der Waals surface area contributed by atoms with E-state index in [9.17, 15) is 19.1 Å². The first-order valence-electron chi connectivity index (χ1n) is 11.8. The standard InChI is InChI=1S/C27H26FN3O3/c28-22-8-4-3-7-18(22)19-9-10-23-24-20(14-31(23)26(19)33)21(15-32)25(29-24)27(34)30-12-11-16-5-1-2-6-17(16)13-30/h1-10,20-21,24-25,29,32H,11-15H2/t20-,21-,24+,25-/m0/s1. The van der Waals surface area contributed by atoms with E-state index in [-0.39, 0.29) is 41.5 Å². The fourth-order valence-electron chi connectivity index (χ4n) is 6.00. The van der Waals surface area contributed by atoms with Crippen molar-refractivity contribution >= 4 is 5.91 Å². The normalized spacial score (nSPS) is 25.1. The number of fused-ring (bicyclic) bond motifs is 4. The summed E-state index contributed by atoms with van der Waals surface area (Å²) in [5.74, 6) is -0.816. The monoisotopic (exact) mass is 459 g/mol. The first-order chi connectivity index (χ1) is 16.6. The van der Waals surface area contributed by atoms with Crippen molar-refractivity contribution in [3.05, 3.63) is 93.7 Å². The van der Waals surface area contributed by atoms with Gasteiger partial charge in [0.2, 0.25) is 5.91 Å². The van der Waals surface area contributed by atoms with Crippen molar-refractivity contribution in [2.75, 3.05) is 13.2 Å². The van der Waals surface area contributed by atoms with E-state index >= 15 is 0 Å². The van der Waals surface area contributed by atoms with Crippen LogP contribution < -0.4 is 10.9 Å². The van der Waals surface area contributed by atoms with Gasteiger partial charge < -0.3 is 14.6 Å². The Balaban J connectivity index is 1.28. The van der Waals surface area contributed by atoms with Crippen LogP contribution in [-0.4, -0.2) is 39.7 Å². The average molecular weight is 460 g/mol. The maximum absolute atomic E-state index is 14.3. The van der Waals surface area contributed by atoms with E-state index in [1.54, 1.807) is 28.8 Å². The summed E-state index contributed by atoms with van der Waals surface area (Å²) >= 11 is 0. The van der Waals surface area contributed by atoms with Gasteiger partial charge in [-0.05, 0) is 35.7 Å². The van der Waals surface area contributed by atoms with Crippen molar-refractivity contribution in [2.45, 2.75) is 31.6 Å². The van der Waals surface area contributed by atoms with Crippen LogP contribution in [0.5, 0.6) is 0 Å². The molecule has 1 saturated heterocycles. The Morgan fingerprint density at radius 3 is 2.59 bits per heavy atom. The smallest absolute Gasteiger partial charge is 0.258 e. The molecule has 34 heavy (non-hydrogen) atoms. The molecule has 0 saturated carbocycles. The Hall–Kier alpha value is -3.29. The van der Waals surface area contributed by atoms with Crippen LogP contribution in [0.3, 0.4) is 0 Å². The first-order valence-corrected chi connectivity index (χ1v) is 11.8. The van der Waals surface area contributed by atoms with Crippen molar-refractivity contribution in [3.63, 3.8) is 0 Å². The number of hydrogen-bond acceptors (Lipinski definition) is 4. The van der Waals surface area contributed by atoms with Gasteiger partial charge in [-0.15, -0.1) is 0 Å². The minimum atomic E-state index is -0.500. The molecule has 3 aliphatic rings. The summed E-state index contributed by atoms with van der Waals surface area (Å²) in [4.78, 5) is 28.6. The predicted molar refractivity (Wildman–Crippen MR) is 125 cm³/mol. The van der Waals surface area contributed by atoms with Gasteiger partial charge in [0.25, 0.3) is 5.56 Å². The molecule has 4 atom stereocenters. The maximum Gasteiger partial charge on any atom is 0.258 e. The second kappa shape index (κ2) is 8.18. The molecule has 1 fully saturated rings. The van der Waals surface area contributed by atoms with Gasteiger partial charge in [0.05, 0.1) is 17.6 Å². The molecule has 4 heterocycles. The second-order valence-corrected chi connectivity index (χ2v) is 9.48. The van der Waals surface area contributed by atoms with Crippen LogP contribution >= 0.6 is 0 Å². The van der Waals surface area contributed by atoms with E-state index in [1.807, 2.05) is 23.1 Å². The number of nitrogens with zero attached hydrogens (tertiary/aromatic N) is 2. The molecule has 2 aromatic carbocycles. The van der Waals surface area contributed by atoms with Gasteiger partial charge in [-0.1, -0.05) is 42.5 Å². The third kappa shape index (κ3) is 3.22. The Labute approximate surface area is 196 Å². The minimum Gasteiger partial charge on any atom is -0.396 e. The molecule has 0 unspecified atom stereocenters. The van der Waals surface area contributed by atoms with Crippen LogP contribution in [0.15, 0.2) is 65.5 Å². The molecule has 2 N–H and O–H groups in total. The lowest BCUT2D eigenvalue weighted by Crippen LogP contribution is -2.49. The highest BCUT2D eigenvalue weighted by molar-refractivity contribution is 5.83. The number of aliphatic hydroxyl groups excluding tert-OH is 1. The second-order valence-electron chi connectivity index (χ2n) is 9.48. The zero-order chi connectivity index (χ0) is 23.4. The molecule has 174 valence electrons. The zero-order valence-corrected chi connectivity index (χ0v) is 18.7. The third-order valence-corrected chi connectivity index (χ3v) is 7.77. The van der Waals surface area contributed by atoms with E-state index in [2.05, 4.69) is 17.4 Å². The van der Waals surface area contributed by atoms with E-state index in [0.29, 0.717) is 25.2 Å². The third-order valence-electron chi connectivity index (χ3n) is 7.77. The molecule has 7 heteroatoms. The fraction of sp³-hybridized carbons (Fsp3) is 0.333. The molecule has 6 rings (SSSR count). The van der Waals surface area contributed by atoms with Gasteiger partial charge in [-0.3, -0.25) is 14.9 Å². The predicted octanol–water partition coefficient (Wildman–Crippen LogP) is 2.49. The van der Waals surface area contributed by atoms with Crippen molar-refractivity contribution in [2.24, 2.45) is 11.8 Å². The van der Waals surface area contributed by atoms with Gasteiger partial charge in [0.15, 0.2) is 0 Å². The van der Waals surface area contributed by atoms with E-state index in [0.717, 1.165) is 12.1 Å². The summed E-state index contributed by atoms with van der Waals surface area (Å²) in [5, 5.41) is 13.7. The number of halogens is 1. The fourth-order valence-corrected chi connectivity index (χ4v) is 6.00. The zero-order valence-electron chi connectivity index (χ0n) is 18.7. The SMILES string of the molecule is O=C([C@H]1N[C@H]2c3ccc(-c4ccccc4F)c(=O)n3C[C@H]2[C@@H]1CO)N1CCc2ccccc2C1. The van der Waals surface area contributed by atoms with Gasteiger partial charge in [0.1, 0.15) is 5.82 Å². The van der Waals surface area contributed by atoms with Crippen molar-refractivity contribution in [1.29, 1.82) is 0 Å². The molecular weight excluding hydrogens is 433 g/mol. The molecule has 6 nitrogen and oxygen atoms in total. The van der Waals surface area contributed by atoms with Crippen LogP contribution in [0.2, 0.25) is 0 Å². The Morgan fingerprint density at radius 1 is 1.03 bits per heavy atom. The molecule has 0 radical (unpaired) electrons. The average Bonchev–Trinajstić information content (AvgIpc) is 3.41. The number of amides is 1. The van der Waals surface area contributed by atoms with Crippen LogP contribution in [0, 0.1) is 17.7 Å². The highest BCUT2D eigenvalue weighted by Gasteiger charge is 2.51. The van der Waals surface area contributed by atoms with Crippen LogP contribution in [-0.2, 0) is 24.3 Å². The topological polar surface area (TPSA) is 74.6 Å². The van der Waals surface area contributed by atoms with Crippen LogP contribution in [0.4, 0.5) is 4.39 Å². The lowest BCUT2D eigenvalue weighted by molar-refractivity contribution is -0.135. The first kappa shape index (κ1) is 21.3. The summed E-state index contributed by atoms with van der Waals surface area (Å²) in [6, 6.07) is 17.3. The van der Waals surface area contributed by atoms with E-state index in [1.165, 1.54) is 17.2 Å². The number of benzene rings is 2. The Bertz CT molecular complexity index is 1340. The van der Waals surface area contributed by atoms with Gasteiger partial charge in [-0.2, -0.15) is 0 Å². The van der Waals surface area contributed by atoms with Crippen LogP contribution in [0.25, 0.3) is 11.1 Å². The molecule has 1 amide bonds. The van der Waals surface area contributed by atoms with Crippen molar-refractivity contribution in [1.82, 2.24) is 14.8 Å². The number of carbonyl (C=O) groups is 1. The summed E-state index contributed by atoms with van der Waals surface area (Å²) in [6.45, 7) is 1.48. The Kier molecular flexibility index (Phi) is 5.12. The molecule has 3 aliphatic heterocycles. The molecule has 3 aromatic rings. The number of rotatable bonds is 3. The Morgan fingerprint density at radius 2 is 1.79 bits per heavy atom. The number of nitrogens with one attached hydrogen (secondary N) is 1. The lowest BCUT2D eigenvalue weighted by Gasteiger charge is -2.33. The largest absolute Gasteiger partial charge is 0.396 e. The number of carbonyl (C=O) groups excluding carboxylic acids is 1. The van der Waals surface area contributed by atoms with Gasteiger partial charge in [-0.25, -0.2) is 4.39 Å². The number of pyridine rings is 1. The summed E-state index contributed by atoms with van der Waals surface area (Å²) in [6.07, 6.45) is 0.822. The minimum absolute atomic E-state index is 0.000160. The van der Waals surface area contributed by atoms with E-state index in [4.69, 9.17) is 0 Å². The summed E-state index contributed by atoms with van der Waals surface area (Å²) in [7, 11) is 0. The number of hydrogen-bond donors (Lipinski definition) is 2. The summed E-state index contributed by atoms with van der Waals surface area (Å²) < 4.78 is 16.0. The highest BCUT2D eigenvalue weighted by Crippen LogP contribution is 2.43.